The van der Waals surface area contributed by atoms with Gasteiger partial charge in [0.15, 0.2) is 0 Å². The molecule has 88 valence electrons. The number of alkyl halides is 1. The van der Waals surface area contributed by atoms with Crippen LogP contribution in [0.1, 0.15) is 21.8 Å². The SMILES string of the molecule is Cc1ccc(-n2nnc([C@@H](Br)C=O)c2C)cc1. The molecule has 4 nitrogen and oxygen atoms in total. The maximum atomic E-state index is 10.7. The van der Waals surface area contributed by atoms with Gasteiger partial charge in [0.2, 0.25) is 0 Å². The molecule has 0 aliphatic heterocycles. The van der Waals surface area contributed by atoms with Crippen molar-refractivity contribution in [1.82, 2.24) is 15.0 Å². The van der Waals surface area contributed by atoms with Crippen LogP contribution in [0, 0.1) is 13.8 Å². The summed E-state index contributed by atoms with van der Waals surface area (Å²) in [4.78, 5) is 10.3. The first kappa shape index (κ1) is 12.0. The van der Waals surface area contributed by atoms with Gasteiger partial charge in [-0.3, -0.25) is 0 Å². The van der Waals surface area contributed by atoms with E-state index in [0.29, 0.717) is 5.69 Å². The van der Waals surface area contributed by atoms with E-state index in [1.165, 1.54) is 5.56 Å². The highest BCUT2D eigenvalue weighted by atomic mass is 79.9. The third-order valence-electron chi connectivity index (χ3n) is 2.59. The van der Waals surface area contributed by atoms with Crippen molar-refractivity contribution in [3.05, 3.63) is 41.2 Å². The van der Waals surface area contributed by atoms with Crippen molar-refractivity contribution < 1.29 is 4.79 Å². The third-order valence-corrected chi connectivity index (χ3v) is 3.24. The Morgan fingerprint density at radius 2 is 1.94 bits per heavy atom. The van der Waals surface area contributed by atoms with Gasteiger partial charge in [-0.05, 0) is 26.0 Å². The van der Waals surface area contributed by atoms with Gasteiger partial charge >= 0.3 is 0 Å². The van der Waals surface area contributed by atoms with Crippen LogP contribution in [0.25, 0.3) is 5.69 Å². The van der Waals surface area contributed by atoms with Crippen LogP contribution in [0.4, 0.5) is 0 Å². The van der Waals surface area contributed by atoms with Gasteiger partial charge in [0.25, 0.3) is 0 Å². The summed E-state index contributed by atoms with van der Waals surface area (Å²) in [6.45, 7) is 3.93. The zero-order valence-corrected chi connectivity index (χ0v) is 11.2. The maximum Gasteiger partial charge on any atom is 0.139 e. The van der Waals surface area contributed by atoms with Crippen molar-refractivity contribution in [3.8, 4) is 5.69 Å². The zero-order valence-electron chi connectivity index (χ0n) is 9.59. The van der Waals surface area contributed by atoms with E-state index in [2.05, 4.69) is 26.2 Å². The van der Waals surface area contributed by atoms with Crippen molar-refractivity contribution in [2.24, 2.45) is 0 Å². The average Bonchev–Trinajstić information content (AvgIpc) is 2.71. The normalized spacial score (nSPS) is 12.4. The van der Waals surface area contributed by atoms with Crippen molar-refractivity contribution >= 4 is 22.2 Å². The minimum Gasteiger partial charge on any atom is -0.302 e. The topological polar surface area (TPSA) is 47.8 Å². The number of benzene rings is 1. The Kier molecular flexibility index (Phi) is 3.38. The minimum absolute atomic E-state index is 0.401. The number of hydrogen-bond donors (Lipinski definition) is 0. The second kappa shape index (κ2) is 4.79. The fraction of sp³-hybridized carbons (Fsp3) is 0.250. The van der Waals surface area contributed by atoms with Crippen molar-refractivity contribution in [3.63, 3.8) is 0 Å². The number of aromatic nitrogens is 3. The Morgan fingerprint density at radius 3 is 2.53 bits per heavy atom. The molecule has 0 amide bonds. The molecule has 2 rings (SSSR count). The Bertz CT molecular complexity index is 533. The second-order valence-corrected chi connectivity index (χ2v) is 4.83. The van der Waals surface area contributed by atoms with Crippen molar-refractivity contribution in [1.29, 1.82) is 0 Å². The van der Waals surface area contributed by atoms with Crippen LogP contribution < -0.4 is 0 Å². The molecular weight excluding hydrogens is 282 g/mol. The quantitative estimate of drug-likeness (QED) is 0.645. The summed E-state index contributed by atoms with van der Waals surface area (Å²) < 4.78 is 1.73. The number of aldehydes is 1. The van der Waals surface area contributed by atoms with E-state index in [0.717, 1.165) is 17.7 Å². The smallest absolute Gasteiger partial charge is 0.139 e. The van der Waals surface area contributed by atoms with Gasteiger partial charge in [-0.2, -0.15) is 0 Å². The standard InChI is InChI=1S/C12H12BrN3O/c1-8-3-5-10(6-4-8)16-9(2)12(14-15-16)11(13)7-17/h3-7,11H,1-2H3/t11-/m0/s1. The van der Waals surface area contributed by atoms with E-state index in [9.17, 15) is 4.79 Å². The van der Waals surface area contributed by atoms with Gasteiger partial charge in [0, 0.05) is 0 Å². The van der Waals surface area contributed by atoms with Crippen LogP contribution in [0.5, 0.6) is 0 Å². The predicted molar refractivity (Wildman–Crippen MR) is 68.6 cm³/mol. The molecule has 0 N–H and O–H groups in total. The number of aryl methyl sites for hydroxylation is 1. The highest BCUT2D eigenvalue weighted by Crippen LogP contribution is 2.22. The first-order valence-corrected chi connectivity index (χ1v) is 6.13. The molecule has 1 aromatic carbocycles. The number of carbonyl (C=O) groups excluding carboxylic acids is 1. The highest BCUT2D eigenvalue weighted by Gasteiger charge is 2.16. The number of nitrogens with zero attached hydrogens (tertiary/aromatic N) is 3. The Balaban J connectivity index is 2.43. The molecule has 1 atom stereocenters. The van der Waals surface area contributed by atoms with Crippen molar-refractivity contribution in [2.45, 2.75) is 18.7 Å². The number of carbonyl (C=O) groups is 1. The van der Waals surface area contributed by atoms with Crippen LogP contribution in [-0.2, 0) is 4.79 Å². The van der Waals surface area contributed by atoms with Crippen LogP contribution in [0.15, 0.2) is 24.3 Å². The molecule has 1 aromatic heterocycles. The largest absolute Gasteiger partial charge is 0.302 e. The fourth-order valence-electron chi connectivity index (χ4n) is 1.59. The Hall–Kier alpha value is -1.49. The lowest BCUT2D eigenvalue weighted by Crippen LogP contribution is -2.00. The molecule has 0 bridgehead atoms. The van der Waals surface area contributed by atoms with E-state index in [-0.39, 0.29) is 0 Å². The lowest BCUT2D eigenvalue weighted by Gasteiger charge is -2.04. The number of rotatable bonds is 3. The van der Waals surface area contributed by atoms with Crippen LogP contribution >= 0.6 is 15.9 Å². The fourth-order valence-corrected chi connectivity index (χ4v) is 2.01. The molecule has 0 aliphatic rings. The van der Waals surface area contributed by atoms with Crippen LogP contribution in [0.3, 0.4) is 0 Å². The van der Waals surface area contributed by atoms with Crippen LogP contribution in [0.2, 0.25) is 0 Å². The van der Waals surface area contributed by atoms with E-state index < -0.39 is 4.83 Å². The summed E-state index contributed by atoms with van der Waals surface area (Å²) in [5.74, 6) is 0. The molecular formula is C12H12BrN3O. The first-order valence-electron chi connectivity index (χ1n) is 5.22. The molecule has 0 saturated carbocycles. The van der Waals surface area contributed by atoms with E-state index in [1.54, 1.807) is 4.68 Å². The number of hydrogen-bond acceptors (Lipinski definition) is 3. The predicted octanol–water partition coefficient (Wildman–Crippen LogP) is 2.52. The van der Waals surface area contributed by atoms with Gasteiger partial charge in [-0.1, -0.05) is 38.8 Å². The molecule has 5 heteroatoms. The molecule has 0 spiro atoms. The Labute approximate surface area is 108 Å². The van der Waals surface area contributed by atoms with Gasteiger partial charge in [-0.15, -0.1) is 5.10 Å². The van der Waals surface area contributed by atoms with Gasteiger partial charge in [0.1, 0.15) is 16.8 Å². The summed E-state index contributed by atoms with van der Waals surface area (Å²) in [5, 5.41) is 8.08. The third kappa shape index (κ3) is 2.29. The van der Waals surface area contributed by atoms with E-state index >= 15 is 0 Å². The molecule has 2 aromatic rings. The molecule has 0 saturated heterocycles. The van der Waals surface area contributed by atoms with E-state index in [4.69, 9.17) is 0 Å². The summed E-state index contributed by atoms with van der Waals surface area (Å²) >= 11 is 3.25. The summed E-state index contributed by atoms with van der Waals surface area (Å²) in [6, 6.07) is 7.98. The monoisotopic (exact) mass is 293 g/mol. The second-order valence-electron chi connectivity index (χ2n) is 3.85. The molecule has 1 heterocycles. The molecule has 0 aliphatic carbocycles. The van der Waals surface area contributed by atoms with Gasteiger partial charge in [-0.25, -0.2) is 4.68 Å². The van der Waals surface area contributed by atoms with Crippen LogP contribution in [-0.4, -0.2) is 21.3 Å². The summed E-state index contributed by atoms with van der Waals surface area (Å²) in [5.41, 5.74) is 3.65. The Morgan fingerprint density at radius 1 is 1.29 bits per heavy atom. The van der Waals surface area contributed by atoms with E-state index in [1.807, 2.05) is 38.1 Å². The zero-order chi connectivity index (χ0) is 12.4. The maximum absolute atomic E-state index is 10.7. The summed E-state index contributed by atoms with van der Waals surface area (Å²) in [6.07, 6.45) is 0.802. The first-order chi connectivity index (χ1) is 8.13. The lowest BCUT2D eigenvalue weighted by atomic mass is 10.2. The molecule has 0 fully saturated rings. The van der Waals surface area contributed by atoms with Crippen molar-refractivity contribution in [2.75, 3.05) is 0 Å². The molecule has 17 heavy (non-hydrogen) atoms. The van der Waals surface area contributed by atoms with Gasteiger partial charge < -0.3 is 4.79 Å². The highest BCUT2D eigenvalue weighted by molar-refractivity contribution is 9.09. The molecule has 0 radical (unpaired) electrons. The number of halogens is 1. The minimum atomic E-state index is -0.401. The molecule has 0 unspecified atom stereocenters. The lowest BCUT2D eigenvalue weighted by molar-refractivity contribution is -0.107. The van der Waals surface area contributed by atoms with Gasteiger partial charge in [0.05, 0.1) is 11.4 Å². The summed E-state index contributed by atoms with van der Waals surface area (Å²) in [7, 11) is 0. The average molecular weight is 294 g/mol.